The van der Waals surface area contributed by atoms with E-state index < -0.39 is 85.4 Å². The number of rotatable bonds is 18. The number of fused-ring (bicyclic) bond motifs is 3. The Morgan fingerprint density at radius 2 is 0.833 bits per heavy atom. The lowest BCUT2D eigenvalue weighted by Crippen LogP contribution is -2.49. The number of piperidine rings is 3. The predicted molar refractivity (Wildman–Crippen MR) is 371 cm³/mol. The first-order chi connectivity index (χ1) is 53.7. The van der Waals surface area contributed by atoms with Gasteiger partial charge in [0.05, 0.1) is 42.2 Å². The van der Waals surface area contributed by atoms with Crippen LogP contribution in [0.3, 0.4) is 0 Å². The lowest BCUT2D eigenvalue weighted by atomic mass is 10.0. The lowest BCUT2D eigenvalue weighted by molar-refractivity contribution is -0.144. The molecule has 6 aromatic rings. The van der Waals surface area contributed by atoms with Gasteiger partial charge in [0.2, 0.25) is 35.4 Å². The summed E-state index contributed by atoms with van der Waals surface area (Å²) in [6.07, 6.45) is -10.9. The number of hydrogen-bond acceptors (Lipinski definition) is 15. The molecule has 15 rings (SSSR count). The molecule has 9 aliphatic heterocycles. The van der Waals surface area contributed by atoms with E-state index in [2.05, 4.69) is 30.4 Å². The van der Waals surface area contributed by atoms with E-state index in [0.717, 1.165) is 48.1 Å². The summed E-state index contributed by atoms with van der Waals surface area (Å²) in [5.74, 6) is -3.46. The van der Waals surface area contributed by atoms with Gasteiger partial charge >= 0.3 is 0 Å². The maximum Gasteiger partial charge on any atom is 0.255 e. The maximum atomic E-state index is 13.3. The highest BCUT2D eigenvalue weighted by atomic mass is 16.5. The molecule has 24 heteroatoms. The molecule has 5 atom stereocenters. The van der Waals surface area contributed by atoms with Gasteiger partial charge in [-0.3, -0.25) is 43.2 Å². The highest BCUT2D eigenvalue weighted by Gasteiger charge is 2.43. The quantitative estimate of drug-likeness (QED) is 0.0774. The Kier molecular flexibility index (Phi) is 17.4. The first kappa shape index (κ1) is 56.8. The summed E-state index contributed by atoms with van der Waals surface area (Å²) in [4.78, 5) is 122. The fraction of sp³-hybridized carbons (Fsp3) is 0.346. The molecule has 528 valence electrons. The van der Waals surface area contributed by atoms with Crippen molar-refractivity contribution >= 4 is 53.2 Å². The number of nitrogens with one attached hydrogen (secondary N) is 3. The van der Waals surface area contributed by atoms with Crippen LogP contribution in [0.4, 0.5) is 0 Å². The zero-order chi connectivity index (χ0) is 80.8. The van der Waals surface area contributed by atoms with Crippen LogP contribution in [-0.4, -0.2) is 160 Å². The molecule has 0 spiro atoms. The molecule has 0 bridgehead atoms. The monoisotopic (exact) mass is 1390 g/mol. The van der Waals surface area contributed by atoms with E-state index in [4.69, 9.17) is 43.5 Å². The van der Waals surface area contributed by atoms with Crippen LogP contribution in [0.5, 0.6) is 17.2 Å². The molecule has 5 unspecified atom stereocenters. The van der Waals surface area contributed by atoms with Crippen molar-refractivity contribution in [2.24, 2.45) is 0 Å². The molecule has 0 saturated carbocycles. The number of nitrogens with zero attached hydrogens (tertiary/aromatic N) is 6. The van der Waals surface area contributed by atoms with Crippen LogP contribution in [0.25, 0.3) is 0 Å². The third kappa shape index (κ3) is 15.9. The third-order valence-electron chi connectivity index (χ3n) is 18.1. The summed E-state index contributed by atoms with van der Waals surface area (Å²) in [7, 11) is 0. The molecule has 9 heterocycles. The largest absolute Gasteiger partial charge is 0.489 e. The van der Waals surface area contributed by atoms with Crippen LogP contribution >= 0.6 is 0 Å². The van der Waals surface area contributed by atoms with Gasteiger partial charge in [-0.1, -0.05) is 111 Å². The van der Waals surface area contributed by atoms with Gasteiger partial charge in [-0.05, 0) is 108 Å². The van der Waals surface area contributed by atoms with Crippen LogP contribution < -0.4 is 30.2 Å². The minimum atomic E-state index is -2.70. The van der Waals surface area contributed by atoms with Crippen molar-refractivity contribution in [3.63, 3.8) is 0 Å². The summed E-state index contributed by atoms with van der Waals surface area (Å²) in [6, 6.07) is 31.2. The Balaban J connectivity index is 0.000000148. The molecule has 9 aliphatic rings. The number of carbonyl (C=O) groups excluding carboxylic acids is 9. The van der Waals surface area contributed by atoms with Gasteiger partial charge in [0.15, 0.2) is 1.41 Å². The summed E-state index contributed by atoms with van der Waals surface area (Å²) >= 11 is 0. The first-order valence-electron chi connectivity index (χ1n) is 38.7. The fourth-order valence-corrected chi connectivity index (χ4v) is 12.6. The SMILES string of the molecule is [2H]C1([2H])C(=C)NC(=O)C(N2Cc3c(OCc4ccc(CN5CCOCC5=O)cc4)cccc3C2=O)C1([2H])[2H].[2H]C1C(=C)NC(=O)C([2H])(N2Cc3c(OCc4ccc(CN5CCOCC5=O)cc4)cccc3C2=O)C1([2H])[2H].[2H]C1CC(=C)N([2H])C(=O)C1([2H])N1Cc2c(OCc3ccc(CN4CCOCC4=O)cc3)cccc2C1=O. The molecular weight excluding hydrogens is 1300 g/mol. The summed E-state index contributed by atoms with van der Waals surface area (Å²) < 4.78 is 125. The number of allylic oxidation sites excluding steroid dienone is 3. The molecule has 0 aromatic heterocycles. The Morgan fingerprint density at radius 3 is 1.25 bits per heavy atom. The van der Waals surface area contributed by atoms with E-state index in [-0.39, 0.29) is 112 Å². The molecule has 6 fully saturated rings. The number of amides is 9. The Bertz CT molecular complexity index is 4850. The summed E-state index contributed by atoms with van der Waals surface area (Å²) in [5.41, 5.74) is 7.48. The fourth-order valence-electron chi connectivity index (χ4n) is 12.6. The predicted octanol–water partition coefficient (Wildman–Crippen LogP) is 7.12. The highest BCUT2D eigenvalue weighted by molar-refractivity contribution is 6.04. The first-order valence-corrected chi connectivity index (χ1v) is 33.1. The number of hydrogen-bond donors (Lipinski definition) is 3. The minimum absolute atomic E-state index is 0.0262. The number of ether oxygens (including phenoxy) is 6. The average Bonchev–Trinajstić information content (AvgIpc) is 1.68. The van der Waals surface area contributed by atoms with Gasteiger partial charge < -0.3 is 73.8 Å². The maximum absolute atomic E-state index is 13.3. The van der Waals surface area contributed by atoms with Gasteiger partial charge in [-0.15, -0.1) is 0 Å². The third-order valence-corrected chi connectivity index (χ3v) is 18.1. The molecule has 9 amide bonds. The zero-order valence-corrected chi connectivity index (χ0v) is 55.7. The lowest BCUT2D eigenvalue weighted by Gasteiger charge is -2.31. The highest BCUT2D eigenvalue weighted by Crippen LogP contribution is 2.38. The average molecular weight is 1400 g/mol. The molecule has 24 nitrogen and oxygen atoms in total. The normalized spacial score (nSPS) is 26.5. The standard InChI is InChI=1S/3C26H27N3O5/c3*1-17-5-10-22(25(31)27-17)29-14-21-20(26(29)32)3-2-4-23(21)34-15-19-8-6-18(7-9-19)13-28-11-12-33-16-24(28)30/h3*2-4,6-9,22H,1,5,10-16H2,(H,27,31)/i5D,10D2,22D;10D,22D;5D2,10D2/hD. The van der Waals surface area contributed by atoms with E-state index in [9.17, 15) is 43.2 Å². The Labute approximate surface area is 606 Å². The number of morpholine rings is 3. The molecule has 0 aliphatic carbocycles. The van der Waals surface area contributed by atoms with Crippen molar-refractivity contribution in [2.45, 2.75) is 116 Å². The van der Waals surface area contributed by atoms with Crippen molar-refractivity contribution in [3.05, 3.63) is 231 Å². The van der Waals surface area contributed by atoms with Crippen molar-refractivity contribution in [1.29, 1.82) is 0 Å². The second-order valence-electron chi connectivity index (χ2n) is 25.0. The van der Waals surface area contributed by atoms with E-state index >= 15 is 0 Å². The molecule has 6 saturated heterocycles. The minimum Gasteiger partial charge on any atom is -0.489 e. The van der Waals surface area contributed by atoms with Crippen LogP contribution in [0, 0.1) is 0 Å². The van der Waals surface area contributed by atoms with Crippen molar-refractivity contribution in [3.8, 4) is 17.2 Å². The van der Waals surface area contributed by atoms with E-state index in [1.807, 2.05) is 72.8 Å². The van der Waals surface area contributed by atoms with Crippen molar-refractivity contribution < 1.29 is 86.7 Å². The van der Waals surface area contributed by atoms with Crippen LogP contribution in [0.15, 0.2) is 164 Å². The number of carbonyl (C=O) groups is 9. The van der Waals surface area contributed by atoms with Gasteiger partial charge in [0, 0.05) is 101 Å². The Morgan fingerprint density at radius 1 is 0.451 bits per heavy atom. The van der Waals surface area contributed by atoms with Crippen molar-refractivity contribution in [2.75, 3.05) is 59.3 Å². The Hall–Kier alpha value is -11.0. The summed E-state index contributed by atoms with van der Waals surface area (Å²) in [5, 5.41) is 5.10. The summed E-state index contributed by atoms with van der Waals surface area (Å²) in [6.45, 7) is 15.9. The van der Waals surface area contributed by atoms with Crippen LogP contribution in [0.2, 0.25) is 1.41 Å². The number of benzene rings is 6. The van der Waals surface area contributed by atoms with E-state index in [0.29, 0.717) is 104 Å². The smallest absolute Gasteiger partial charge is 0.255 e. The van der Waals surface area contributed by atoms with E-state index in [1.165, 1.54) is 0 Å². The van der Waals surface area contributed by atoms with E-state index in [1.54, 1.807) is 69.3 Å². The second-order valence-corrected chi connectivity index (χ2v) is 25.0. The van der Waals surface area contributed by atoms with Gasteiger partial charge in [-0.25, -0.2) is 0 Å². The molecule has 6 aromatic carbocycles. The molecule has 102 heavy (non-hydrogen) atoms. The topological polar surface area (TPSA) is 265 Å². The van der Waals surface area contributed by atoms with Gasteiger partial charge in [0.25, 0.3) is 17.7 Å². The van der Waals surface area contributed by atoms with Crippen molar-refractivity contribution in [1.82, 2.24) is 45.3 Å². The van der Waals surface area contributed by atoms with Gasteiger partial charge in [0.1, 0.15) is 75.0 Å². The van der Waals surface area contributed by atoms with Crippen LogP contribution in [-0.2, 0) is 102 Å². The molecular formula is C78H81N9O15. The van der Waals surface area contributed by atoms with Gasteiger partial charge in [-0.2, -0.15) is 0 Å². The second kappa shape index (κ2) is 31.3. The molecule has 3 N–H and O–H groups in total. The molecule has 0 radical (unpaired) electrons. The van der Waals surface area contributed by atoms with Crippen LogP contribution in [0.1, 0.15) is 133 Å². The zero-order valence-electron chi connectivity index (χ0n) is 66.7.